The van der Waals surface area contributed by atoms with E-state index in [9.17, 15) is 13.6 Å². The van der Waals surface area contributed by atoms with Gasteiger partial charge in [-0.1, -0.05) is 29.8 Å². The Kier molecular flexibility index (Phi) is 4.81. The molecule has 0 fully saturated rings. The van der Waals surface area contributed by atoms with Crippen molar-refractivity contribution in [2.75, 3.05) is 0 Å². The highest BCUT2D eigenvalue weighted by molar-refractivity contribution is 6.30. The van der Waals surface area contributed by atoms with Crippen LogP contribution in [0.3, 0.4) is 0 Å². The largest absolute Gasteiger partial charge is 0.478 e. The van der Waals surface area contributed by atoms with Crippen LogP contribution in [0.2, 0.25) is 5.02 Å². The Labute approximate surface area is 147 Å². The molecule has 4 nitrogen and oxygen atoms in total. The van der Waals surface area contributed by atoms with Crippen molar-refractivity contribution < 1.29 is 18.7 Å². The molecule has 3 aromatic rings. The van der Waals surface area contributed by atoms with Gasteiger partial charge in [0.2, 0.25) is 0 Å². The number of aromatic nitrogens is 2. The highest BCUT2D eigenvalue weighted by atomic mass is 35.5. The highest BCUT2D eigenvalue weighted by Gasteiger charge is 2.12. The summed E-state index contributed by atoms with van der Waals surface area (Å²) < 4.78 is 28.6. The molecule has 128 valence electrons. The predicted molar refractivity (Wildman–Crippen MR) is 91.7 cm³/mol. The molecule has 0 aliphatic rings. The van der Waals surface area contributed by atoms with Crippen LogP contribution in [-0.2, 0) is 18.0 Å². The van der Waals surface area contributed by atoms with Gasteiger partial charge in [0.15, 0.2) is 0 Å². The number of nitrogens with zero attached hydrogens (tertiary/aromatic N) is 2. The van der Waals surface area contributed by atoms with E-state index in [0.717, 1.165) is 6.08 Å². The fourth-order valence-corrected chi connectivity index (χ4v) is 2.69. The van der Waals surface area contributed by atoms with Gasteiger partial charge in [0.1, 0.15) is 12.5 Å². The van der Waals surface area contributed by atoms with Crippen LogP contribution < -0.4 is 0 Å². The smallest absolute Gasteiger partial charge is 0.328 e. The predicted octanol–water partition coefficient (Wildman–Crippen LogP) is 4.44. The SMILES string of the molecule is O=C(O)/C=C/c1nn(Cc2ccc(Cl)cc2F)c2cc(CF)ccc12. The van der Waals surface area contributed by atoms with E-state index >= 15 is 0 Å². The Morgan fingerprint density at radius 2 is 2.08 bits per heavy atom. The summed E-state index contributed by atoms with van der Waals surface area (Å²) in [5.74, 6) is -1.58. The highest BCUT2D eigenvalue weighted by Crippen LogP contribution is 2.24. The summed E-state index contributed by atoms with van der Waals surface area (Å²) in [6.45, 7) is -0.535. The van der Waals surface area contributed by atoms with E-state index in [-0.39, 0.29) is 11.6 Å². The lowest BCUT2D eigenvalue weighted by atomic mass is 10.1. The van der Waals surface area contributed by atoms with Crippen molar-refractivity contribution in [1.82, 2.24) is 9.78 Å². The number of carbonyl (C=O) groups is 1. The molecule has 0 atom stereocenters. The Morgan fingerprint density at radius 3 is 2.76 bits per heavy atom. The first-order valence-electron chi connectivity index (χ1n) is 7.38. The van der Waals surface area contributed by atoms with E-state index < -0.39 is 18.5 Å². The first-order valence-corrected chi connectivity index (χ1v) is 7.76. The van der Waals surface area contributed by atoms with Crippen LogP contribution in [0.15, 0.2) is 42.5 Å². The van der Waals surface area contributed by atoms with Gasteiger partial charge in [0.25, 0.3) is 0 Å². The lowest BCUT2D eigenvalue weighted by Gasteiger charge is -2.06. The fraction of sp³-hybridized carbons (Fsp3) is 0.111. The van der Waals surface area contributed by atoms with Crippen molar-refractivity contribution in [3.63, 3.8) is 0 Å². The van der Waals surface area contributed by atoms with Crippen LogP contribution >= 0.6 is 11.6 Å². The molecular weight excluding hydrogens is 350 g/mol. The molecule has 0 bridgehead atoms. The second-order valence-corrected chi connectivity index (χ2v) is 5.87. The Morgan fingerprint density at radius 1 is 1.28 bits per heavy atom. The minimum absolute atomic E-state index is 0.107. The zero-order valence-corrected chi connectivity index (χ0v) is 13.7. The number of fused-ring (bicyclic) bond motifs is 1. The Balaban J connectivity index is 2.10. The first kappa shape index (κ1) is 17.1. The van der Waals surface area contributed by atoms with Crippen molar-refractivity contribution in [2.45, 2.75) is 13.2 Å². The van der Waals surface area contributed by atoms with E-state index in [2.05, 4.69) is 5.10 Å². The molecule has 0 saturated heterocycles. The third kappa shape index (κ3) is 3.69. The third-order valence-electron chi connectivity index (χ3n) is 3.72. The summed E-state index contributed by atoms with van der Waals surface area (Å²) in [4.78, 5) is 10.8. The lowest BCUT2D eigenvalue weighted by molar-refractivity contribution is -0.131. The van der Waals surface area contributed by atoms with Gasteiger partial charge in [-0.2, -0.15) is 5.10 Å². The number of rotatable bonds is 5. The molecule has 2 aromatic carbocycles. The molecule has 1 aromatic heterocycles. The van der Waals surface area contributed by atoms with Crippen molar-refractivity contribution >= 4 is 34.5 Å². The Bertz CT molecular complexity index is 983. The summed E-state index contributed by atoms with van der Waals surface area (Å²) in [5, 5.41) is 14.1. The maximum absolute atomic E-state index is 14.1. The van der Waals surface area contributed by atoms with Crippen LogP contribution in [0.5, 0.6) is 0 Å². The molecule has 25 heavy (non-hydrogen) atoms. The van der Waals surface area contributed by atoms with Gasteiger partial charge >= 0.3 is 5.97 Å². The van der Waals surface area contributed by atoms with Crippen molar-refractivity contribution in [1.29, 1.82) is 0 Å². The molecule has 0 saturated carbocycles. The molecule has 3 rings (SSSR count). The molecule has 0 amide bonds. The summed E-state index contributed by atoms with van der Waals surface area (Å²) in [6.07, 6.45) is 2.33. The third-order valence-corrected chi connectivity index (χ3v) is 3.95. The van der Waals surface area contributed by atoms with E-state index in [1.54, 1.807) is 30.3 Å². The standard InChI is InChI=1S/C18H13ClF2N2O2/c19-13-3-2-12(15(21)8-13)10-23-17-7-11(9-20)1-4-14(17)16(22-23)5-6-18(24)25/h1-8H,9-10H2,(H,24,25)/b6-5+. The molecule has 0 aliphatic heterocycles. The molecule has 0 aliphatic carbocycles. The molecule has 0 spiro atoms. The van der Waals surface area contributed by atoms with Gasteiger partial charge < -0.3 is 5.11 Å². The number of alkyl halides is 1. The minimum Gasteiger partial charge on any atom is -0.478 e. The fourth-order valence-electron chi connectivity index (χ4n) is 2.53. The molecule has 0 unspecified atom stereocenters. The van der Waals surface area contributed by atoms with Crippen molar-refractivity contribution in [3.05, 3.63) is 70.1 Å². The summed E-state index contributed by atoms with van der Waals surface area (Å²) >= 11 is 5.76. The first-order chi connectivity index (χ1) is 12.0. The summed E-state index contributed by atoms with van der Waals surface area (Å²) in [6, 6.07) is 9.23. The van der Waals surface area contributed by atoms with Gasteiger partial charge in [0.05, 0.1) is 17.8 Å². The van der Waals surface area contributed by atoms with Crippen LogP contribution in [0.1, 0.15) is 16.8 Å². The van der Waals surface area contributed by atoms with E-state index in [1.165, 1.54) is 16.8 Å². The molecule has 1 heterocycles. The van der Waals surface area contributed by atoms with E-state index in [1.807, 2.05) is 0 Å². The maximum atomic E-state index is 14.1. The van der Waals surface area contributed by atoms with Gasteiger partial charge in [0, 0.05) is 22.0 Å². The van der Waals surface area contributed by atoms with Crippen molar-refractivity contribution in [2.24, 2.45) is 0 Å². The normalized spacial score (nSPS) is 11.5. The number of halogens is 3. The maximum Gasteiger partial charge on any atom is 0.328 e. The molecular formula is C18H13ClF2N2O2. The number of hydrogen-bond donors (Lipinski definition) is 1. The Hall–Kier alpha value is -2.73. The van der Waals surface area contributed by atoms with E-state index in [0.29, 0.717) is 27.7 Å². The lowest BCUT2D eigenvalue weighted by Crippen LogP contribution is -2.04. The molecule has 7 heteroatoms. The minimum atomic E-state index is -1.10. The summed E-state index contributed by atoms with van der Waals surface area (Å²) in [5.41, 5.74) is 1.83. The zero-order chi connectivity index (χ0) is 18.0. The average Bonchev–Trinajstić information content (AvgIpc) is 2.92. The van der Waals surface area contributed by atoms with Crippen LogP contribution in [-0.4, -0.2) is 20.9 Å². The van der Waals surface area contributed by atoms with Gasteiger partial charge in [-0.15, -0.1) is 0 Å². The number of aliphatic carboxylic acids is 1. The van der Waals surface area contributed by atoms with E-state index in [4.69, 9.17) is 16.7 Å². The second-order valence-electron chi connectivity index (χ2n) is 5.44. The van der Waals surface area contributed by atoms with Crippen LogP contribution in [0, 0.1) is 5.82 Å². The monoisotopic (exact) mass is 362 g/mol. The zero-order valence-electron chi connectivity index (χ0n) is 12.9. The number of carboxylic acid groups (broad SMARTS) is 1. The van der Waals surface area contributed by atoms with Crippen molar-refractivity contribution in [3.8, 4) is 0 Å². The van der Waals surface area contributed by atoms with Gasteiger partial charge in [-0.3, -0.25) is 4.68 Å². The van der Waals surface area contributed by atoms with Gasteiger partial charge in [-0.05, 0) is 29.8 Å². The average molecular weight is 363 g/mol. The quantitative estimate of drug-likeness (QED) is 0.682. The summed E-state index contributed by atoms with van der Waals surface area (Å²) in [7, 11) is 0. The van der Waals surface area contributed by atoms with Gasteiger partial charge in [-0.25, -0.2) is 13.6 Å². The number of carboxylic acids is 1. The van der Waals surface area contributed by atoms with Crippen LogP contribution in [0.4, 0.5) is 8.78 Å². The number of hydrogen-bond acceptors (Lipinski definition) is 2. The van der Waals surface area contributed by atoms with Crippen LogP contribution in [0.25, 0.3) is 17.0 Å². The number of benzene rings is 2. The second kappa shape index (κ2) is 7.03. The molecule has 1 N–H and O–H groups in total. The topological polar surface area (TPSA) is 55.1 Å². The molecule has 0 radical (unpaired) electrons.